The number of hydrogen-bond donors (Lipinski definition) is 0. The quantitative estimate of drug-likeness (QED) is 0.624. The zero-order valence-corrected chi connectivity index (χ0v) is 11.9. The lowest BCUT2D eigenvalue weighted by molar-refractivity contribution is -0.137. The van der Waals surface area contributed by atoms with E-state index >= 15 is 0 Å². The Morgan fingerprint density at radius 2 is 1.60 bits per heavy atom. The van der Waals surface area contributed by atoms with Crippen LogP contribution >= 0.6 is 11.6 Å². The molecule has 2 rings (SSSR count). The minimum Gasteiger partial charge on any atom is -0.166 e. The summed E-state index contributed by atoms with van der Waals surface area (Å²) < 4.78 is 38.0. The van der Waals surface area contributed by atoms with Gasteiger partial charge in [-0.1, -0.05) is 55.8 Å². The van der Waals surface area contributed by atoms with E-state index < -0.39 is 11.7 Å². The minimum absolute atomic E-state index is 0.273. The molecule has 0 aromatic heterocycles. The van der Waals surface area contributed by atoms with Gasteiger partial charge in [-0.15, -0.1) is 0 Å². The molecule has 0 nitrogen and oxygen atoms in total. The highest BCUT2D eigenvalue weighted by Crippen LogP contribution is 2.37. The Labute approximate surface area is 121 Å². The predicted molar refractivity (Wildman–Crippen MR) is 76.0 cm³/mol. The van der Waals surface area contributed by atoms with Crippen LogP contribution in [0.25, 0.3) is 11.1 Å². The summed E-state index contributed by atoms with van der Waals surface area (Å²) >= 11 is 5.75. The van der Waals surface area contributed by atoms with Crippen LogP contribution < -0.4 is 0 Å². The van der Waals surface area contributed by atoms with Gasteiger partial charge in [0.05, 0.1) is 10.6 Å². The van der Waals surface area contributed by atoms with Gasteiger partial charge in [-0.2, -0.15) is 13.2 Å². The fourth-order valence-corrected chi connectivity index (χ4v) is 2.29. The number of benzene rings is 2. The second kappa shape index (κ2) is 5.49. The Bertz CT molecular complexity index is 615. The molecule has 0 fully saturated rings. The van der Waals surface area contributed by atoms with E-state index in [1.54, 1.807) is 0 Å². The molecule has 0 saturated carbocycles. The monoisotopic (exact) mass is 298 g/mol. The maximum atomic E-state index is 12.7. The molecule has 0 aliphatic carbocycles. The van der Waals surface area contributed by atoms with Crippen LogP contribution in [0.15, 0.2) is 42.5 Å². The van der Waals surface area contributed by atoms with Crippen molar-refractivity contribution >= 4 is 11.6 Å². The second-order valence-electron chi connectivity index (χ2n) is 4.97. The van der Waals surface area contributed by atoms with Crippen molar-refractivity contribution in [3.05, 3.63) is 58.6 Å². The average Bonchev–Trinajstić information content (AvgIpc) is 2.37. The van der Waals surface area contributed by atoms with Crippen molar-refractivity contribution in [1.29, 1.82) is 0 Å². The third-order valence-corrected chi connectivity index (χ3v) is 3.47. The summed E-state index contributed by atoms with van der Waals surface area (Å²) in [5.74, 6) is 0.361. The lowest BCUT2D eigenvalue weighted by atomic mass is 9.97. The summed E-state index contributed by atoms with van der Waals surface area (Å²) in [5.41, 5.74) is 1.89. The van der Waals surface area contributed by atoms with Gasteiger partial charge in [0.25, 0.3) is 0 Å². The molecule has 4 heteroatoms. The molecular formula is C16H14ClF3. The molecular weight excluding hydrogens is 285 g/mol. The van der Waals surface area contributed by atoms with Gasteiger partial charge >= 0.3 is 6.18 Å². The molecule has 0 saturated heterocycles. The maximum Gasteiger partial charge on any atom is 0.417 e. The van der Waals surface area contributed by atoms with Crippen molar-refractivity contribution in [3.63, 3.8) is 0 Å². The molecule has 0 amide bonds. The Kier molecular flexibility index (Phi) is 4.09. The molecule has 0 bridgehead atoms. The van der Waals surface area contributed by atoms with Gasteiger partial charge in [0.1, 0.15) is 0 Å². The first-order chi connectivity index (χ1) is 9.29. The van der Waals surface area contributed by atoms with Gasteiger partial charge in [-0.05, 0) is 34.7 Å². The number of hydrogen-bond acceptors (Lipinski definition) is 0. The van der Waals surface area contributed by atoms with Crippen LogP contribution in [0.5, 0.6) is 0 Å². The van der Waals surface area contributed by atoms with Gasteiger partial charge < -0.3 is 0 Å². The molecule has 0 heterocycles. The molecule has 0 aliphatic heterocycles. The van der Waals surface area contributed by atoms with Crippen LogP contribution in [0.3, 0.4) is 0 Å². The minimum atomic E-state index is -4.42. The lowest BCUT2D eigenvalue weighted by Crippen LogP contribution is -2.05. The van der Waals surface area contributed by atoms with E-state index in [0.717, 1.165) is 17.2 Å². The normalized spacial score (nSPS) is 11.9. The topological polar surface area (TPSA) is 0 Å². The third-order valence-electron chi connectivity index (χ3n) is 3.16. The van der Waals surface area contributed by atoms with Crippen LogP contribution in [0, 0.1) is 0 Å². The first kappa shape index (κ1) is 14.9. The van der Waals surface area contributed by atoms with Crippen molar-refractivity contribution in [2.75, 3.05) is 0 Å². The summed E-state index contributed by atoms with van der Waals surface area (Å²) in [4.78, 5) is 0. The molecule has 106 valence electrons. The highest BCUT2D eigenvalue weighted by molar-refractivity contribution is 6.31. The van der Waals surface area contributed by atoms with Crippen molar-refractivity contribution in [2.45, 2.75) is 25.9 Å². The van der Waals surface area contributed by atoms with Crippen molar-refractivity contribution < 1.29 is 13.2 Å². The Balaban J connectivity index is 2.44. The smallest absolute Gasteiger partial charge is 0.166 e. The zero-order chi connectivity index (χ0) is 14.9. The molecule has 2 aromatic carbocycles. The van der Waals surface area contributed by atoms with E-state index in [1.807, 2.05) is 24.3 Å². The van der Waals surface area contributed by atoms with E-state index in [9.17, 15) is 13.2 Å². The number of alkyl halides is 3. The number of halogens is 4. The van der Waals surface area contributed by atoms with Crippen molar-refractivity contribution in [3.8, 4) is 11.1 Å². The maximum absolute atomic E-state index is 12.7. The van der Waals surface area contributed by atoms with E-state index in [4.69, 9.17) is 11.6 Å². The van der Waals surface area contributed by atoms with E-state index in [-0.39, 0.29) is 5.02 Å². The standard InChI is InChI=1S/C16H14ClF3/c1-10(2)11-4-3-5-12(8-11)13-6-7-14(15(17)9-13)16(18,19)20/h3-10H,1-2H3. The Morgan fingerprint density at radius 3 is 2.15 bits per heavy atom. The van der Waals surface area contributed by atoms with E-state index in [1.165, 1.54) is 12.1 Å². The summed E-state index contributed by atoms with van der Waals surface area (Å²) in [6.45, 7) is 4.14. The van der Waals surface area contributed by atoms with Crippen LogP contribution in [0.1, 0.15) is 30.9 Å². The zero-order valence-electron chi connectivity index (χ0n) is 11.1. The SMILES string of the molecule is CC(C)c1cccc(-c2ccc(C(F)(F)F)c(Cl)c2)c1. The van der Waals surface area contributed by atoms with Crippen LogP contribution in [-0.2, 0) is 6.18 Å². The lowest BCUT2D eigenvalue weighted by Gasteiger charge is -2.12. The van der Waals surface area contributed by atoms with E-state index in [0.29, 0.717) is 11.5 Å². The highest BCUT2D eigenvalue weighted by Gasteiger charge is 2.33. The van der Waals surface area contributed by atoms with Gasteiger partial charge in [0.2, 0.25) is 0 Å². The first-order valence-electron chi connectivity index (χ1n) is 6.26. The third kappa shape index (κ3) is 3.15. The molecule has 20 heavy (non-hydrogen) atoms. The summed E-state index contributed by atoms with van der Waals surface area (Å²) in [6.07, 6.45) is -4.42. The van der Waals surface area contributed by atoms with Crippen molar-refractivity contribution in [2.24, 2.45) is 0 Å². The molecule has 0 spiro atoms. The molecule has 0 radical (unpaired) electrons. The van der Waals surface area contributed by atoms with Crippen molar-refractivity contribution in [1.82, 2.24) is 0 Å². The van der Waals surface area contributed by atoms with Crippen LogP contribution in [0.2, 0.25) is 5.02 Å². The molecule has 0 N–H and O–H groups in total. The van der Waals surface area contributed by atoms with Gasteiger partial charge in [-0.25, -0.2) is 0 Å². The molecule has 2 aromatic rings. The average molecular weight is 299 g/mol. The van der Waals surface area contributed by atoms with Gasteiger partial charge in [0.15, 0.2) is 0 Å². The summed E-state index contributed by atoms with van der Waals surface area (Å²) in [7, 11) is 0. The molecule has 0 aliphatic rings. The predicted octanol–water partition coefficient (Wildman–Crippen LogP) is 6.15. The van der Waals surface area contributed by atoms with Gasteiger partial charge in [0, 0.05) is 0 Å². The molecule has 0 unspecified atom stereocenters. The van der Waals surface area contributed by atoms with Gasteiger partial charge in [-0.3, -0.25) is 0 Å². The summed E-state index contributed by atoms with van der Waals surface area (Å²) in [6, 6.07) is 11.6. The van der Waals surface area contributed by atoms with Crippen LogP contribution in [-0.4, -0.2) is 0 Å². The number of rotatable bonds is 2. The van der Waals surface area contributed by atoms with E-state index in [2.05, 4.69) is 13.8 Å². The first-order valence-corrected chi connectivity index (χ1v) is 6.64. The Hall–Kier alpha value is -1.48. The van der Waals surface area contributed by atoms with Crippen LogP contribution in [0.4, 0.5) is 13.2 Å². The molecule has 0 atom stereocenters. The summed E-state index contributed by atoms with van der Waals surface area (Å²) in [5, 5.41) is -0.273. The Morgan fingerprint density at radius 1 is 0.950 bits per heavy atom. The fourth-order valence-electron chi connectivity index (χ4n) is 2.00. The highest BCUT2D eigenvalue weighted by atomic mass is 35.5. The largest absolute Gasteiger partial charge is 0.417 e. The second-order valence-corrected chi connectivity index (χ2v) is 5.38. The fraction of sp³-hybridized carbons (Fsp3) is 0.250.